The lowest BCUT2D eigenvalue weighted by atomic mass is 9.99. The summed E-state index contributed by atoms with van der Waals surface area (Å²) in [5.41, 5.74) is 2.26. The maximum Gasteiger partial charge on any atom is 0.240 e. The number of sulfonamides is 1. The van der Waals surface area contributed by atoms with Crippen molar-refractivity contribution < 1.29 is 8.42 Å². The number of nitrogens with one attached hydrogen (secondary N) is 2. The number of benzene rings is 2. The largest absolute Gasteiger partial charge is 0.352 e. The summed E-state index contributed by atoms with van der Waals surface area (Å²) in [7, 11) is -0.244. The molecule has 1 heterocycles. The highest BCUT2D eigenvalue weighted by Gasteiger charge is 2.25. The van der Waals surface area contributed by atoms with Gasteiger partial charge in [-0.05, 0) is 36.7 Å². The average Bonchev–Trinajstić information content (AvgIpc) is 3.19. The molecule has 2 aromatic rings. The monoisotopic (exact) mass is 386 g/mol. The highest BCUT2D eigenvalue weighted by atomic mass is 32.2. The zero-order valence-corrected chi connectivity index (χ0v) is 16.5. The molecule has 0 aromatic heterocycles. The third kappa shape index (κ3) is 4.67. The van der Waals surface area contributed by atoms with Crippen LogP contribution in [0, 0.1) is 0 Å². The third-order valence-electron chi connectivity index (χ3n) is 4.90. The maximum atomic E-state index is 12.0. The van der Waals surface area contributed by atoms with Gasteiger partial charge in [0, 0.05) is 32.6 Å². The predicted molar refractivity (Wildman–Crippen MR) is 108 cm³/mol. The van der Waals surface area contributed by atoms with Gasteiger partial charge in [-0.1, -0.05) is 42.5 Å². The van der Waals surface area contributed by atoms with Crippen LogP contribution in [0.4, 0.5) is 0 Å². The topological polar surface area (TPSA) is 73.8 Å². The minimum absolute atomic E-state index is 0.268. The molecule has 0 saturated carbocycles. The van der Waals surface area contributed by atoms with E-state index in [2.05, 4.69) is 44.2 Å². The standard InChI is InChI=1S/C20H26N4O2S/c1-21-20(24-12-11-18(15-24)17-8-4-3-5-9-17)23-14-16-7-6-10-19(13-16)27(25,26)22-2/h3-10,13,18,22H,11-12,14-15H2,1-2H3,(H,21,23). The molecule has 144 valence electrons. The third-order valence-corrected chi connectivity index (χ3v) is 6.31. The van der Waals surface area contributed by atoms with E-state index in [1.807, 2.05) is 12.1 Å². The first-order chi connectivity index (χ1) is 13.0. The Morgan fingerprint density at radius 1 is 1.19 bits per heavy atom. The van der Waals surface area contributed by atoms with Crippen LogP contribution in [0.5, 0.6) is 0 Å². The molecule has 0 spiro atoms. The number of aliphatic imine (C=N–C) groups is 1. The summed E-state index contributed by atoms with van der Waals surface area (Å²) in [6.45, 7) is 2.40. The molecule has 0 aliphatic carbocycles. The van der Waals surface area contributed by atoms with E-state index in [0.29, 0.717) is 12.5 Å². The average molecular weight is 387 g/mol. The smallest absolute Gasteiger partial charge is 0.240 e. The van der Waals surface area contributed by atoms with Crippen molar-refractivity contribution in [2.75, 3.05) is 27.2 Å². The highest BCUT2D eigenvalue weighted by Crippen LogP contribution is 2.26. The molecule has 0 amide bonds. The van der Waals surface area contributed by atoms with Crippen molar-refractivity contribution in [3.8, 4) is 0 Å². The van der Waals surface area contributed by atoms with Gasteiger partial charge >= 0.3 is 0 Å². The van der Waals surface area contributed by atoms with Gasteiger partial charge in [0.15, 0.2) is 5.96 Å². The minimum Gasteiger partial charge on any atom is -0.352 e. The molecular weight excluding hydrogens is 360 g/mol. The van der Waals surface area contributed by atoms with Gasteiger partial charge in [-0.2, -0.15) is 0 Å². The molecule has 0 radical (unpaired) electrons. The summed E-state index contributed by atoms with van der Waals surface area (Å²) < 4.78 is 26.3. The Labute approximate surface area is 161 Å². The number of hydrogen-bond acceptors (Lipinski definition) is 3. The van der Waals surface area contributed by atoms with Crippen molar-refractivity contribution in [3.63, 3.8) is 0 Å². The van der Waals surface area contributed by atoms with Gasteiger partial charge in [0.05, 0.1) is 4.90 Å². The molecule has 0 bridgehead atoms. The van der Waals surface area contributed by atoms with Crippen molar-refractivity contribution in [1.29, 1.82) is 0 Å². The Hall–Kier alpha value is -2.38. The van der Waals surface area contributed by atoms with E-state index < -0.39 is 10.0 Å². The fourth-order valence-electron chi connectivity index (χ4n) is 3.40. The van der Waals surface area contributed by atoms with Crippen LogP contribution in [0.1, 0.15) is 23.5 Å². The molecule has 1 saturated heterocycles. The SMILES string of the molecule is CN=C(NCc1cccc(S(=O)(=O)NC)c1)N1CCC(c2ccccc2)C1. The van der Waals surface area contributed by atoms with E-state index in [9.17, 15) is 8.42 Å². The Morgan fingerprint density at radius 2 is 1.96 bits per heavy atom. The lowest BCUT2D eigenvalue weighted by molar-refractivity contribution is 0.486. The molecule has 1 atom stereocenters. The Kier molecular flexibility index (Phi) is 6.13. The molecule has 2 aromatic carbocycles. The van der Waals surface area contributed by atoms with Crippen molar-refractivity contribution in [2.24, 2.45) is 4.99 Å². The van der Waals surface area contributed by atoms with Crippen LogP contribution in [0.3, 0.4) is 0 Å². The van der Waals surface area contributed by atoms with E-state index in [-0.39, 0.29) is 4.90 Å². The summed E-state index contributed by atoms with van der Waals surface area (Å²) in [4.78, 5) is 6.93. The first-order valence-corrected chi connectivity index (χ1v) is 10.5. The highest BCUT2D eigenvalue weighted by molar-refractivity contribution is 7.89. The van der Waals surface area contributed by atoms with E-state index in [4.69, 9.17) is 0 Å². The fourth-order valence-corrected chi connectivity index (χ4v) is 4.20. The van der Waals surface area contributed by atoms with Crippen LogP contribution >= 0.6 is 0 Å². The van der Waals surface area contributed by atoms with Crippen molar-refractivity contribution in [1.82, 2.24) is 14.9 Å². The fraction of sp³-hybridized carbons (Fsp3) is 0.350. The van der Waals surface area contributed by atoms with Crippen molar-refractivity contribution >= 4 is 16.0 Å². The van der Waals surface area contributed by atoms with E-state index in [0.717, 1.165) is 31.0 Å². The maximum absolute atomic E-state index is 12.0. The summed E-state index contributed by atoms with van der Waals surface area (Å²) in [5.74, 6) is 1.35. The van der Waals surface area contributed by atoms with Crippen LogP contribution in [-0.2, 0) is 16.6 Å². The van der Waals surface area contributed by atoms with Crippen LogP contribution in [0.15, 0.2) is 64.5 Å². The van der Waals surface area contributed by atoms with Crippen LogP contribution < -0.4 is 10.0 Å². The zero-order chi connectivity index (χ0) is 19.3. The molecule has 1 aliphatic heterocycles. The summed E-state index contributed by atoms with van der Waals surface area (Å²) in [6, 6.07) is 17.5. The van der Waals surface area contributed by atoms with Crippen LogP contribution in [-0.4, -0.2) is 46.5 Å². The van der Waals surface area contributed by atoms with Gasteiger partial charge < -0.3 is 10.2 Å². The van der Waals surface area contributed by atoms with Crippen molar-refractivity contribution in [3.05, 3.63) is 65.7 Å². The van der Waals surface area contributed by atoms with E-state index >= 15 is 0 Å². The quantitative estimate of drug-likeness (QED) is 0.610. The number of hydrogen-bond donors (Lipinski definition) is 2. The molecule has 6 nitrogen and oxygen atoms in total. The second-order valence-corrected chi connectivity index (χ2v) is 8.48. The van der Waals surface area contributed by atoms with Gasteiger partial charge in [-0.25, -0.2) is 13.1 Å². The van der Waals surface area contributed by atoms with Gasteiger partial charge in [-0.15, -0.1) is 0 Å². The van der Waals surface area contributed by atoms with Crippen molar-refractivity contribution in [2.45, 2.75) is 23.8 Å². The molecule has 7 heteroatoms. The minimum atomic E-state index is -3.44. The number of rotatable bonds is 5. The molecular formula is C20H26N4O2S. The summed E-state index contributed by atoms with van der Waals surface area (Å²) in [6.07, 6.45) is 1.10. The molecule has 1 fully saturated rings. The summed E-state index contributed by atoms with van der Waals surface area (Å²) >= 11 is 0. The number of nitrogens with zero attached hydrogens (tertiary/aromatic N) is 2. The van der Waals surface area contributed by atoms with Gasteiger partial charge in [0.2, 0.25) is 10.0 Å². The molecule has 3 rings (SSSR count). The molecule has 27 heavy (non-hydrogen) atoms. The first-order valence-electron chi connectivity index (χ1n) is 9.06. The second kappa shape index (κ2) is 8.54. The Morgan fingerprint density at radius 3 is 2.67 bits per heavy atom. The second-order valence-electron chi connectivity index (χ2n) is 6.60. The number of likely N-dealkylation sites (tertiary alicyclic amines) is 1. The first kappa shape index (κ1) is 19.4. The lowest BCUT2D eigenvalue weighted by Crippen LogP contribution is -2.39. The summed E-state index contributed by atoms with van der Waals surface area (Å²) in [5, 5.41) is 3.36. The van der Waals surface area contributed by atoms with E-state index in [1.54, 1.807) is 25.2 Å². The number of guanidine groups is 1. The van der Waals surface area contributed by atoms with E-state index in [1.165, 1.54) is 12.6 Å². The van der Waals surface area contributed by atoms with Gasteiger partial charge in [0.25, 0.3) is 0 Å². The Bertz CT molecular complexity index is 897. The Balaban J connectivity index is 1.63. The molecule has 2 N–H and O–H groups in total. The normalized spacial score (nSPS) is 17.9. The van der Waals surface area contributed by atoms with Crippen LogP contribution in [0.2, 0.25) is 0 Å². The molecule has 1 aliphatic rings. The zero-order valence-electron chi connectivity index (χ0n) is 15.7. The van der Waals surface area contributed by atoms with Crippen LogP contribution in [0.25, 0.3) is 0 Å². The van der Waals surface area contributed by atoms with Gasteiger partial charge in [-0.3, -0.25) is 4.99 Å². The van der Waals surface area contributed by atoms with Gasteiger partial charge in [0.1, 0.15) is 0 Å². The predicted octanol–water partition coefficient (Wildman–Crippen LogP) is 2.16. The lowest BCUT2D eigenvalue weighted by Gasteiger charge is -2.22. The molecule has 1 unspecified atom stereocenters.